The van der Waals surface area contributed by atoms with Crippen molar-refractivity contribution in [1.29, 1.82) is 0 Å². The Morgan fingerprint density at radius 3 is 2.62 bits per heavy atom. The fraction of sp³-hybridized carbons (Fsp3) is 0.0588. The lowest BCUT2D eigenvalue weighted by Crippen LogP contribution is -2.25. The van der Waals surface area contributed by atoms with Crippen molar-refractivity contribution in [3.05, 3.63) is 66.4 Å². The van der Waals surface area contributed by atoms with E-state index < -0.39 is 11.8 Å². The molecule has 0 aliphatic rings. The van der Waals surface area contributed by atoms with Crippen molar-refractivity contribution in [2.24, 2.45) is 0 Å². The highest BCUT2D eigenvalue weighted by molar-refractivity contribution is 9.11. The van der Waals surface area contributed by atoms with Crippen LogP contribution in [0.3, 0.4) is 0 Å². The third-order valence-corrected chi connectivity index (χ3v) is 5.35. The Bertz CT molecular complexity index is 1110. The fourth-order valence-electron chi connectivity index (χ4n) is 2.41. The van der Waals surface area contributed by atoms with Crippen LogP contribution in [0.2, 0.25) is 5.02 Å². The minimum atomic E-state index is -0.535. The molecule has 2 N–H and O–H groups in total. The van der Waals surface area contributed by atoms with E-state index in [0.717, 1.165) is 0 Å². The molecular weight excluding hydrogens is 597 g/mol. The minimum absolute atomic E-state index is 0.158. The topological polar surface area (TPSA) is 98.1 Å². The first-order chi connectivity index (χ1) is 13.8. The number of hydrogen-bond donors (Lipinski definition) is 2. The molecule has 1 aromatic carbocycles. The molecule has 0 saturated carbocycles. The zero-order chi connectivity index (χ0) is 21.1. The molecule has 0 bridgehead atoms. The van der Waals surface area contributed by atoms with Crippen molar-refractivity contribution in [3.63, 3.8) is 0 Å². The van der Waals surface area contributed by atoms with Gasteiger partial charge in [-0.3, -0.25) is 14.4 Å². The van der Waals surface area contributed by atoms with Gasteiger partial charge in [0.05, 0.1) is 23.4 Å². The summed E-state index contributed by atoms with van der Waals surface area (Å²) in [5, 5.41) is 7.29. The first-order valence-electron chi connectivity index (χ1n) is 7.82. The molecule has 2 amide bonds. The number of hydroxylamine groups is 1. The molecule has 0 saturated heterocycles. The summed E-state index contributed by atoms with van der Waals surface area (Å²) in [6, 6.07) is 8.07. The molecule has 2 heterocycles. The molecule has 8 nitrogen and oxygen atoms in total. The van der Waals surface area contributed by atoms with Crippen molar-refractivity contribution >= 4 is 76.9 Å². The van der Waals surface area contributed by atoms with Crippen molar-refractivity contribution < 1.29 is 14.4 Å². The number of carbonyl (C=O) groups is 2. The number of amides is 2. The zero-order valence-electron chi connectivity index (χ0n) is 14.5. The molecule has 0 aliphatic carbocycles. The van der Waals surface area contributed by atoms with Crippen LogP contribution in [0.15, 0.2) is 50.1 Å². The van der Waals surface area contributed by atoms with Crippen molar-refractivity contribution in [2.75, 3.05) is 12.4 Å². The van der Waals surface area contributed by atoms with Crippen molar-refractivity contribution in [3.8, 4) is 5.82 Å². The Morgan fingerprint density at radius 1 is 1.17 bits per heavy atom. The van der Waals surface area contributed by atoms with E-state index in [9.17, 15) is 9.59 Å². The predicted molar refractivity (Wildman–Crippen MR) is 118 cm³/mol. The third kappa shape index (κ3) is 4.86. The molecule has 29 heavy (non-hydrogen) atoms. The highest BCUT2D eigenvalue weighted by Gasteiger charge is 2.22. The van der Waals surface area contributed by atoms with E-state index in [-0.39, 0.29) is 22.8 Å². The maximum Gasteiger partial charge on any atom is 0.277 e. The quantitative estimate of drug-likeness (QED) is 0.408. The number of halogens is 4. The van der Waals surface area contributed by atoms with Gasteiger partial charge in [0.1, 0.15) is 10.3 Å². The van der Waals surface area contributed by atoms with Gasteiger partial charge < -0.3 is 5.32 Å². The Balaban J connectivity index is 2.03. The summed E-state index contributed by atoms with van der Waals surface area (Å²) in [7, 11) is 1.32. The van der Waals surface area contributed by atoms with Crippen LogP contribution in [0.4, 0.5) is 5.69 Å². The van der Waals surface area contributed by atoms with Gasteiger partial charge in [0.2, 0.25) is 0 Å². The van der Waals surface area contributed by atoms with E-state index >= 15 is 0 Å². The normalized spacial score (nSPS) is 10.7. The number of rotatable bonds is 5. The van der Waals surface area contributed by atoms with Gasteiger partial charge in [-0.05, 0) is 56.1 Å². The van der Waals surface area contributed by atoms with Gasteiger partial charge in [0, 0.05) is 21.2 Å². The molecule has 0 radical (unpaired) electrons. The summed E-state index contributed by atoms with van der Waals surface area (Å²) in [6.07, 6.45) is 1.54. The second kappa shape index (κ2) is 9.35. The highest BCUT2D eigenvalue weighted by Crippen LogP contribution is 2.32. The number of anilines is 1. The molecule has 2 aromatic heterocycles. The Morgan fingerprint density at radius 2 is 1.93 bits per heavy atom. The van der Waals surface area contributed by atoms with Crippen molar-refractivity contribution in [2.45, 2.75) is 0 Å². The lowest BCUT2D eigenvalue weighted by Gasteiger charge is -2.14. The van der Waals surface area contributed by atoms with Gasteiger partial charge in [-0.2, -0.15) is 5.10 Å². The van der Waals surface area contributed by atoms with E-state index in [1.165, 1.54) is 24.1 Å². The summed E-state index contributed by atoms with van der Waals surface area (Å²) in [4.78, 5) is 34.3. The molecule has 0 unspecified atom stereocenters. The molecule has 0 spiro atoms. The molecule has 12 heteroatoms. The molecule has 0 atom stereocenters. The minimum Gasteiger partial charge on any atom is -0.319 e. The van der Waals surface area contributed by atoms with E-state index in [1.54, 1.807) is 24.3 Å². The zero-order valence-corrected chi connectivity index (χ0v) is 20.1. The lowest BCUT2D eigenvalue weighted by molar-refractivity contribution is 0.0538. The second-order valence-corrected chi connectivity index (χ2v) is 8.46. The molecule has 3 aromatic rings. The van der Waals surface area contributed by atoms with Crippen LogP contribution in [0, 0.1) is 0 Å². The van der Waals surface area contributed by atoms with Crippen LogP contribution >= 0.6 is 59.4 Å². The number of nitrogens with one attached hydrogen (secondary N) is 2. The number of carbonyl (C=O) groups excluding carboxylic acids is 2. The number of pyridine rings is 1. The number of aromatic nitrogens is 3. The lowest BCUT2D eigenvalue weighted by atomic mass is 10.1. The molecular formula is C17H11Br3ClN5O3. The van der Waals surface area contributed by atoms with Gasteiger partial charge in [-0.15, -0.1) is 0 Å². The highest BCUT2D eigenvalue weighted by atomic mass is 79.9. The maximum absolute atomic E-state index is 13.0. The number of nitrogens with zero attached hydrogens (tertiary/aromatic N) is 3. The van der Waals surface area contributed by atoms with Gasteiger partial charge in [0.25, 0.3) is 11.8 Å². The average Bonchev–Trinajstić information content (AvgIpc) is 3.05. The van der Waals surface area contributed by atoms with Crippen LogP contribution in [-0.2, 0) is 4.84 Å². The average molecular weight is 608 g/mol. The largest absolute Gasteiger partial charge is 0.319 e. The summed E-state index contributed by atoms with van der Waals surface area (Å²) < 4.78 is 2.85. The maximum atomic E-state index is 13.0. The van der Waals surface area contributed by atoms with Gasteiger partial charge in [-0.25, -0.2) is 15.1 Å². The van der Waals surface area contributed by atoms with Gasteiger partial charge >= 0.3 is 0 Å². The van der Waals surface area contributed by atoms with E-state index in [0.29, 0.717) is 18.6 Å². The van der Waals surface area contributed by atoms with Gasteiger partial charge in [-0.1, -0.05) is 27.5 Å². The molecule has 0 aliphatic heterocycles. The Kier molecular flexibility index (Phi) is 7.06. The van der Waals surface area contributed by atoms with Crippen LogP contribution < -0.4 is 10.8 Å². The van der Waals surface area contributed by atoms with E-state index in [4.69, 9.17) is 11.6 Å². The molecule has 150 valence electrons. The SMILES string of the molecule is CONC(=O)c1cc(Br)cc(Br)c1NC(=O)c1cc(Br)nn1-c1ncccc1Cl. The van der Waals surface area contributed by atoms with Crippen molar-refractivity contribution in [1.82, 2.24) is 20.2 Å². The smallest absolute Gasteiger partial charge is 0.277 e. The monoisotopic (exact) mass is 605 g/mol. The Hall–Kier alpha value is -1.79. The van der Waals surface area contributed by atoms with Crippen LogP contribution in [-0.4, -0.2) is 33.7 Å². The van der Waals surface area contributed by atoms with Crippen LogP contribution in [0.1, 0.15) is 20.8 Å². The predicted octanol–water partition coefficient (Wildman–Crippen LogP) is 4.75. The van der Waals surface area contributed by atoms with E-state index in [2.05, 4.69) is 73.5 Å². The van der Waals surface area contributed by atoms with Gasteiger partial charge in [0.15, 0.2) is 5.82 Å². The molecule has 0 fully saturated rings. The van der Waals surface area contributed by atoms with E-state index in [1.807, 2.05) is 0 Å². The summed E-state index contributed by atoms with van der Waals surface area (Å²) in [5.74, 6) is -0.774. The molecule has 3 rings (SSSR count). The summed E-state index contributed by atoms with van der Waals surface area (Å²) in [5.41, 5.74) is 2.83. The third-order valence-electron chi connectivity index (χ3n) is 3.58. The fourth-order valence-corrected chi connectivity index (χ4v) is 4.31. The Labute approximate surface area is 195 Å². The summed E-state index contributed by atoms with van der Waals surface area (Å²) >= 11 is 16.2. The summed E-state index contributed by atoms with van der Waals surface area (Å²) in [6.45, 7) is 0. The second-order valence-electron chi connectivity index (χ2n) is 5.47. The first kappa shape index (κ1) is 21.9. The first-order valence-corrected chi connectivity index (χ1v) is 10.6. The van der Waals surface area contributed by atoms with Crippen LogP contribution in [0.25, 0.3) is 5.82 Å². The number of benzene rings is 1. The standard InChI is InChI=1S/C17H11Br3ClN5O3/c1-29-25-16(27)9-5-8(18)6-10(19)14(9)23-17(28)12-7-13(20)24-26(12)15-11(21)3-2-4-22-15/h2-7H,1H3,(H,23,28)(H,25,27). The number of hydrogen-bond acceptors (Lipinski definition) is 5. The van der Waals surface area contributed by atoms with Crippen LogP contribution in [0.5, 0.6) is 0 Å².